The monoisotopic (exact) mass is 280 g/mol. The summed E-state index contributed by atoms with van der Waals surface area (Å²) >= 11 is 0. The van der Waals surface area contributed by atoms with Crippen LogP contribution in [0.25, 0.3) is 0 Å². The highest BCUT2D eigenvalue weighted by molar-refractivity contribution is 5.75. The Balaban J connectivity index is 1.91. The molecule has 0 bridgehead atoms. The van der Waals surface area contributed by atoms with Crippen LogP contribution in [-0.4, -0.2) is 46.5 Å². The van der Waals surface area contributed by atoms with E-state index in [4.69, 9.17) is 9.52 Å². The maximum Gasteiger partial charge on any atom is 0.320 e. The summed E-state index contributed by atoms with van der Waals surface area (Å²) in [5.74, 6) is -0.333. The number of carboxylic acids is 1. The van der Waals surface area contributed by atoms with E-state index in [-0.39, 0.29) is 11.9 Å². The van der Waals surface area contributed by atoms with Gasteiger partial charge in [0.1, 0.15) is 5.76 Å². The smallest absolute Gasteiger partial charge is 0.320 e. The summed E-state index contributed by atoms with van der Waals surface area (Å²) in [7, 11) is 0. The number of nitrogens with zero attached hydrogens (tertiary/aromatic N) is 2. The van der Waals surface area contributed by atoms with Crippen molar-refractivity contribution in [3.8, 4) is 0 Å². The normalized spacial score (nSPS) is 16.1. The number of rotatable bonds is 4. The van der Waals surface area contributed by atoms with Gasteiger partial charge in [0.15, 0.2) is 0 Å². The van der Waals surface area contributed by atoms with Crippen molar-refractivity contribution in [1.82, 2.24) is 9.80 Å². The summed E-state index contributed by atoms with van der Waals surface area (Å²) in [4.78, 5) is 26.7. The summed E-state index contributed by atoms with van der Waals surface area (Å²) in [5.41, 5.74) is 0. The van der Waals surface area contributed by atoms with Crippen LogP contribution in [0.2, 0.25) is 0 Å². The molecule has 2 heterocycles. The van der Waals surface area contributed by atoms with Gasteiger partial charge in [-0.05, 0) is 31.9 Å². The molecule has 1 aromatic rings. The number of piperidine rings is 1. The fourth-order valence-electron chi connectivity index (χ4n) is 2.42. The van der Waals surface area contributed by atoms with Crippen molar-refractivity contribution in [3.63, 3.8) is 0 Å². The lowest BCUT2D eigenvalue weighted by Gasteiger charge is -2.34. The molecule has 0 unspecified atom stereocenters. The van der Waals surface area contributed by atoms with Gasteiger partial charge >= 0.3 is 12.0 Å². The van der Waals surface area contributed by atoms with E-state index >= 15 is 0 Å². The molecule has 2 rings (SSSR count). The van der Waals surface area contributed by atoms with Crippen molar-refractivity contribution >= 4 is 12.0 Å². The number of carboxylic acid groups (broad SMARTS) is 1. The third-order valence-corrected chi connectivity index (χ3v) is 3.69. The van der Waals surface area contributed by atoms with E-state index in [2.05, 4.69) is 0 Å². The Labute approximate surface area is 118 Å². The van der Waals surface area contributed by atoms with Crippen LogP contribution in [0.5, 0.6) is 0 Å². The zero-order valence-corrected chi connectivity index (χ0v) is 11.6. The Morgan fingerprint density at radius 3 is 2.65 bits per heavy atom. The highest BCUT2D eigenvalue weighted by Crippen LogP contribution is 2.19. The van der Waals surface area contributed by atoms with E-state index in [9.17, 15) is 9.59 Å². The van der Waals surface area contributed by atoms with Gasteiger partial charge in [0.05, 0.1) is 18.7 Å². The number of aliphatic carboxylic acids is 1. The second kappa shape index (κ2) is 6.45. The molecule has 0 aliphatic carbocycles. The zero-order valence-electron chi connectivity index (χ0n) is 11.6. The minimum atomic E-state index is -0.764. The van der Waals surface area contributed by atoms with Crippen LogP contribution in [0.1, 0.15) is 25.5 Å². The molecule has 0 aromatic carbocycles. The Hall–Kier alpha value is -1.98. The minimum Gasteiger partial charge on any atom is -0.481 e. The van der Waals surface area contributed by atoms with Crippen LogP contribution in [-0.2, 0) is 11.3 Å². The Kier molecular flexibility index (Phi) is 4.65. The maximum atomic E-state index is 12.4. The first-order valence-corrected chi connectivity index (χ1v) is 6.90. The molecular formula is C14H20N2O4. The van der Waals surface area contributed by atoms with Gasteiger partial charge in [0.2, 0.25) is 0 Å². The summed E-state index contributed by atoms with van der Waals surface area (Å²) in [5, 5.41) is 8.96. The van der Waals surface area contributed by atoms with E-state index in [1.54, 1.807) is 22.1 Å². The molecule has 6 heteroatoms. The molecule has 0 radical (unpaired) electrons. The quantitative estimate of drug-likeness (QED) is 0.915. The summed E-state index contributed by atoms with van der Waals surface area (Å²) in [6.45, 7) is 3.97. The van der Waals surface area contributed by atoms with Gasteiger partial charge in [0.25, 0.3) is 0 Å². The van der Waals surface area contributed by atoms with Crippen molar-refractivity contribution in [2.45, 2.75) is 26.3 Å². The molecule has 0 saturated carbocycles. The Morgan fingerprint density at radius 1 is 1.45 bits per heavy atom. The predicted molar refractivity (Wildman–Crippen MR) is 72.1 cm³/mol. The zero-order chi connectivity index (χ0) is 14.5. The minimum absolute atomic E-state index is 0.0484. The third-order valence-electron chi connectivity index (χ3n) is 3.69. The molecular weight excluding hydrogens is 260 g/mol. The average Bonchev–Trinajstić information content (AvgIpc) is 2.97. The van der Waals surface area contributed by atoms with Crippen LogP contribution in [0.4, 0.5) is 4.79 Å². The molecule has 0 spiro atoms. The molecule has 6 nitrogen and oxygen atoms in total. The molecule has 1 aliphatic heterocycles. The number of hydrogen-bond acceptors (Lipinski definition) is 3. The second-order valence-corrected chi connectivity index (χ2v) is 4.98. The van der Waals surface area contributed by atoms with Crippen molar-refractivity contribution in [1.29, 1.82) is 0 Å². The second-order valence-electron chi connectivity index (χ2n) is 4.98. The summed E-state index contributed by atoms with van der Waals surface area (Å²) in [6.07, 6.45) is 2.64. The largest absolute Gasteiger partial charge is 0.481 e. The average molecular weight is 280 g/mol. The van der Waals surface area contributed by atoms with Gasteiger partial charge in [-0.2, -0.15) is 0 Å². The van der Waals surface area contributed by atoms with E-state index in [1.165, 1.54) is 0 Å². The van der Waals surface area contributed by atoms with Crippen LogP contribution in [0.3, 0.4) is 0 Å². The Morgan fingerprint density at radius 2 is 2.15 bits per heavy atom. The van der Waals surface area contributed by atoms with Gasteiger partial charge in [-0.15, -0.1) is 0 Å². The van der Waals surface area contributed by atoms with Gasteiger partial charge < -0.3 is 19.3 Å². The lowest BCUT2D eigenvalue weighted by molar-refractivity contribution is -0.143. The SMILES string of the molecule is CCN(Cc1ccco1)C(=O)N1CCC(C(=O)O)CC1. The predicted octanol–water partition coefficient (Wildman–Crippen LogP) is 2.02. The van der Waals surface area contributed by atoms with E-state index < -0.39 is 5.97 Å². The first kappa shape index (κ1) is 14.4. The van der Waals surface area contributed by atoms with Crippen molar-refractivity contribution in [2.24, 2.45) is 5.92 Å². The molecule has 0 atom stereocenters. The molecule has 1 N–H and O–H groups in total. The number of amides is 2. The van der Waals surface area contributed by atoms with Crippen LogP contribution in [0.15, 0.2) is 22.8 Å². The van der Waals surface area contributed by atoms with Crippen molar-refractivity contribution < 1.29 is 19.1 Å². The van der Waals surface area contributed by atoms with Gasteiger partial charge in [-0.1, -0.05) is 0 Å². The van der Waals surface area contributed by atoms with Gasteiger partial charge in [-0.25, -0.2) is 4.79 Å². The van der Waals surface area contributed by atoms with Gasteiger partial charge in [-0.3, -0.25) is 4.79 Å². The fourth-order valence-corrected chi connectivity index (χ4v) is 2.42. The number of furan rings is 1. The van der Waals surface area contributed by atoms with Crippen LogP contribution < -0.4 is 0 Å². The summed E-state index contributed by atoms with van der Waals surface area (Å²) < 4.78 is 5.26. The number of likely N-dealkylation sites (tertiary alicyclic amines) is 1. The Bertz CT molecular complexity index is 450. The van der Waals surface area contributed by atoms with E-state index in [1.807, 2.05) is 13.0 Å². The number of hydrogen-bond donors (Lipinski definition) is 1. The maximum absolute atomic E-state index is 12.4. The number of carbonyl (C=O) groups is 2. The van der Waals surface area contributed by atoms with Crippen molar-refractivity contribution in [3.05, 3.63) is 24.2 Å². The lowest BCUT2D eigenvalue weighted by Crippen LogP contribution is -2.47. The van der Waals surface area contributed by atoms with E-state index in [0.29, 0.717) is 39.0 Å². The van der Waals surface area contributed by atoms with Crippen molar-refractivity contribution in [2.75, 3.05) is 19.6 Å². The lowest BCUT2D eigenvalue weighted by atomic mass is 9.97. The molecule has 1 saturated heterocycles. The van der Waals surface area contributed by atoms with Gasteiger partial charge in [0, 0.05) is 19.6 Å². The third kappa shape index (κ3) is 3.31. The number of urea groups is 1. The molecule has 110 valence electrons. The number of carbonyl (C=O) groups excluding carboxylic acids is 1. The first-order valence-electron chi connectivity index (χ1n) is 6.90. The van der Waals surface area contributed by atoms with E-state index in [0.717, 1.165) is 5.76 Å². The standard InChI is InChI=1S/C14H20N2O4/c1-2-15(10-12-4-3-9-20-12)14(19)16-7-5-11(6-8-16)13(17)18/h3-4,9,11H,2,5-8,10H2,1H3,(H,17,18). The molecule has 2 amide bonds. The van der Waals surface area contributed by atoms with Crippen LogP contribution in [0, 0.1) is 5.92 Å². The topological polar surface area (TPSA) is 74.0 Å². The molecule has 1 aromatic heterocycles. The fraction of sp³-hybridized carbons (Fsp3) is 0.571. The highest BCUT2D eigenvalue weighted by atomic mass is 16.4. The molecule has 1 fully saturated rings. The highest BCUT2D eigenvalue weighted by Gasteiger charge is 2.29. The molecule has 1 aliphatic rings. The summed E-state index contributed by atoms with van der Waals surface area (Å²) in [6, 6.07) is 3.59. The first-order chi connectivity index (χ1) is 9.61. The van der Waals surface area contributed by atoms with Crippen LogP contribution >= 0.6 is 0 Å². The molecule has 20 heavy (non-hydrogen) atoms.